The molecule has 0 radical (unpaired) electrons. The lowest BCUT2D eigenvalue weighted by molar-refractivity contribution is -0.383. The van der Waals surface area contributed by atoms with Crippen LogP contribution in [0.2, 0.25) is 5.02 Å². The minimum absolute atomic E-state index is 0.116. The number of halogens is 1. The average Bonchev–Trinajstić information content (AvgIpc) is 2.41. The van der Waals surface area contributed by atoms with Crippen molar-refractivity contribution in [3.63, 3.8) is 0 Å². The molecule has 0 bridgehead atoms. The summed E-state index contributed by atoms with van der Waals surface area (Å²) in [5.41, 5.74) is 1.34. The first-order chi connectivity index (χ1) is 9.47. The maximum atomic E-state index is 12.0. The van der Waals surface area contributed by atoms with Crippen LogP contribution in [-0.4, -0.2) is 10.8 Å². The Kier molecular flexibility index (Phi) is 4.00. The fourth-order valence-electron chi connectivity index (χ4n) is 1.66. The van der Waals surface area contributed by atoms with Crippen molar-refractivity contribution < 1.29 is 9.72 Å². The van der Waals surface area contributed by atoms with E-state index in [1.165, 1.54) is 18.2 Å². The molecule has 0 heterocycles. The number of anilines is 1. The van der Waals surface area contributed by atoms with E-state index in [4.69, 9.17) is 11.6 Å². The molecule has 0 aromatic heterocycles. The van der Waals surface area contributed by atoms with Gasteiger partial charge in [-0.3, -0.25) is 14.9 Å². The van der Waals surface area contributed by atoms with Crippen molar-refractivity contribution >= 4 is 28.9 Å². The van der Waals surface area contributed by atoms with E-state index in [0.29, 0.717) is 5.56 Å². The summed E-state index contributed by atoms with van der Waals surface area (Å²) in [6.07, 6.45) is 0. The fraction of sp³-hybridized carbons (Fsp3) is 0.0714. The summed E-state index contributed by atoms with van der Waals surface area (Å²) >= 11 is 5.71. The minimum atomic E-state index is -0.587. The third kappa shape index (κ3) is 3.13. The monoisotopic (exact) mass is 290 g/mol. The van der Waals surface area contributed by atoms with E-state index in [1.54, 1.807) is 24.3 Å². The molecule has 2 aromatic rings. The minimum Gasteiger partial charge on any atom is -0.316 e. The third-order valence-corrected chi connectivity index (χ3v) is 2.95. The number of nitrogens with zero attached hydrogens (tertiary/aromatic N) is 1. The maximum absolute atomic E-state index is 12.0. The molecule has 6 heteroatoms. The first-order valence-electron chi connectivity index (χ1n) is 5.79. The molecule has 0 spiro atoms. The molecule has 0 aliphatic carbocycles. The topological polar surface area (TPSA) is 72.2 Å². The Balaban J connectivity index is 2.28. The number of benzene rings is 2. The lowest BCUT2D eigenvalue weighted by atomic mass is 10.1. The van der Waals surface area contributed by atoms with Crippen molar-refractivity contribution in [2.75, 3.05) is 5.32 Å². The molecular weight excluding hydrogens is 280 g/mol. The maximum Gasteiger partial charge on any atom is 0.294 e. The van der Waals surface area contributed by atoms with Gasteiger partial charge < -0.3 is 5.32 Å². The molecule has 1 N–H and O–H groups in total. The van der Waals surface area contributed by atoms with Crippen LogP contribution in [0.15, 0.2) is 42.5 Å². The van der Waals surface area contributed by atoms with Crippen LogP contribution in [0.3, 0.4) is 0 Å². The van der Waals surface area contributed by atoms with E-state index in [-0.39, 0.29) is 16.4 Å². The zero-order chi connectivity index (χ0) is 14.7. The summed E-state index contributed by atoms with van der Waals surface area (Å²) in [5, 5.41) is 13.7. The quantitative estimate of drug-likeness (QED) is 0.690. The third-order valence-electron chi connectivity index (χ3n) is 2.72. The molecule has 0 saturated heterocycles. The van der Waals surface area contributed by atoms with Crippen molar-refractivity contribution in [1.82, 2.24) is 0 Å². The van der Waals surface area contributed by atoms with Crippen LogP contribution in [0.1, 0.15) is 15.9 Å². The summed E-state index contributed by atoms with van der Waals surface area (Å²) in [4.78, 5) is 22.4. The van der Waals surface area contributed by atoms with Crippen molar-refractivity contribution in [2.24, 2.45) is 0 Å². The molecule has 0 fully saturated rings. The lowest BCUT2D eigenvalue weighted by Gasteiger charge is -2.06. The van der Waals surface area contributed by atoms with Gasteiger partial charge in [-0.1, -0.05) is 29.3 Å². The van der Waals surface area contributed by atoms with Crippen LogP contribution in [0, 0.1) is 17.0 Å². The van der Waals surface area contributed by atoms with Gasteiger partial charge in [-0.2, -0.15) is 0 Å². The van der Waals surface area contributed by atoms with Crippen LogP contribution >= 0.6 is 11.6 Å². The van der Waals surface area contributed by atoms with Gasteiger partial charge in [0.05, 0.1) is 4.92 Å². The van der Waals surface area contributed by atoms with E-state index < -0.39 is 10.8 Å². The van der Waals surface area contributed by atoms with Crippen LogP contribution in [0.5, 0.6) is 0 Å². The van der Waals surface area contributed by atoms with Gasteiger partial charge in [-0.15, -0.1) is 0 Å². The predicted molar refractivity (Wildman–Crippen MR) is 77.2 cm³/mol. The van der Waals surface area contributed by atoms with Gasteiger partial charge in [0, 0.05) is 16.7 Å². The normalized spacial score (nSPS) is 10.1. The number of amides is 1. The van der Waals surface area contributed by atoms with Crippen molar-refractivity contribution in [1.29, 1.82) is 0 Å². The molecule has 1 amide bonds. The number of hydrogen-bond acceptors (Lipinski definition) is 3. The van der Waals surface area contributed by atoms with Gasteiger partial charge in [0.2, 0.25) is 0 Å². The summed E-state index contributed by atoms with van der Waals surface area (Å²) in [7, 11) is 0. The van der Waals surface area contributed by atoms with Gasteiger partial charge in [0.25, 0.3) is 11.6 Å². The Bertz CT molecular complexity index is 669. The second-order valence-electron chi connectivity index (χ2n) is 4.24. The highest BCUT2D eigenvalue weighted by atomic mass is 35.5. The second kappa shape index (κ2) is 5.71. The predicted octanol–water partition coefficient (Wildman–Crippen LogP) is 3.81. The average molecular weight is 291 g/mol. The molecule has 2 rings (SSSR count). The van der Waals surface area contributed by atoms with E-state index in [1.807, 2.05) is 6.92 Å². The van der Waals surface area contributed by atoms with Crippen LogP contribution in [0.4, 0.5) is 11.4 Å². The zero-order valence-electron chi connectivity index (χ0n) is 10.6. The molecule has 0 saturated carbocycles. The Morgan fingerprint density at radius 2 is 1.85 bits per heavy atom. The highest BCUT2D eigenvalue weighted by Crippen LogP contribution is 2.28. The van der Waals surface area contributed by atoms with Crippen molar-refractivity contribution in [3.8, 4) is 0 Å². The molecule has 102 valence electrons. The number of hydrogen-bond donors (Lipinski definition) is 1. The van der Waals surface area contributed by atoms with Crippen LogP contribution < -0.4 is 5.32 Å². The Morgan fingerprint density at radius 1 is 1.20 bits per heavy atom. The number of nitro groups is 1. The molecule has 0 aliphatic heterocycles. The Morgan fingerprint density at radius 3 is 2.45 bits per heavy atom. The lowest BCUT2D eigenvalue weighted by Crippen LogP contribution is -2.13. The molecule has 0 atom stereocenters. The highest BCUT2D eigenvalue weighted by molar-refractivity contribution is 6.31. The van der Waals surface area contributed by atoms with E-state index >= 15 is 0 Å². The number of aryl methyl sites for hydroxylation is 1. The first kappa shape index (κ1) is 14.0. The molecule has 5 nitrogen and oxygen atoms in total. The molecule has 0 unspecified atom stereocenters. The number of rotatable bonds is 3. The number of nitro benzene ring substituents is 1. The van der Waals surface area contributed by atoms with Gasteiger partial charge in [0.15, 0.2) is 0 Å². The zero-order valence-corrected chi connectivity index (χ0v) is 11.3. The first-order valence-corrected chi connectivity index (χ1v) is 6.17. The summed E-state index contributed by atoms with van der Waals surface area (Å²) in [6.45, 7) is 1.91. The van der Waals surface area contributed by atoms with E-state index in [9.17, 15) is 14.9 Å². The van der Waals surface area contributed by atoms with Gasteiger partial charge >= 0.3 is 0 Å². The van der Waals surface area contributed by atoms with E-state index in [2.05, 4.69) is 5.32 Å². The van der Waals surface area contributed by atoms with Gasteiger partial charge in [-0.25, -0.2) is 0 Å². The van der Waals surface area contributed by atoms with E-state index in [0.717, 1.165) is 5.56 Å². The smallest absolute Gasteiger partial charge is 0.294 e. The number of carbonyl (C=O) groups is 1. The summed E-state index contributed by atoms with van der Waals surface area (Å²) in [5.74, 6) is -0.407. The second-order valence-corrected chi connectivity index (χ2v) is 4.68. The fourth-order valence-corrected chi connectivity index (χ4v) is 1.83. The molecule has 2 aromatic carbocycles. The van der Waals surface area contributed by atoms with Crippen molar-refractivity contribution in [3.05, 3.63) is 68.7 Å². The molecule has 0 aliphatic rings. The molecule has 20 heavy (non-hydrogen) atoms. The van der Waals surface area contributed by atoms with Crippen LogP contribution in [-0.2, 0) is 0 Å². The highest BCUT2D eigenvalue weighted by Gasteiger charge is 2.17. The van der Waals surface area contributed by atoms with Crippen molar-refractivity contribution in [2.45, 2.75) is 6.92 Å². The summed E-state index contributed by atoms with van der Waals surface area (Å²) in [6, 6.07) is 11.0. The SMILES string of the molecule is Cc1ccc(C(=O)Nc2ccc(Cl)cc2[N+](=O)[O-])cc1. The van der Waals surface area contributed by atoms with Gasteiger partial charge in [-0.05, 0) is 31.2 Å². The Hall–Kier alpha value is -2.40. The van der Waals surface area contributed by atoms with Gasteiger partial charge in [0.1, 0.15) is 5.69 Å². The summed E-state index contributed by atoms with van der Waals surface area (Å²) < 4.78 is 0. The van der Waals surface area contributed by atoms with Crippen LogP contribution in [0.25, 0.3) is 0 Å². The largest absolute Gasteiger partial charge is 0.316 e. The Labute approximate surface area is 120 Å². The number of carbonyl (C=O) groups excluding carboxylic acids is 1. The number of nitrogens with one attached hydrogen (secondary N) is 1. The standard InChI is InChI=1S/C14H11ClN2O3/c1-9-2-4-10(5-3-9)14(18)16-12-7-6-11(15)8-13(12)17(19)20/h2-8H,1H3,(H,16,18). The molecular formula is C14H11ClN2O3.